The molecular weight excluding hydrogens is 224 g/mol. The molecule has 0 radical (unpaired) electrons. The topological polar surface area (TPSA) is 50.4 Å². The Balaban J connectivity index is 2.70. The Hall–Kier alpha value is -1.03. The third-order valence-corrected chi connectivity index (χ3v) is 1.78. The number of carboxylic acid groups (broad SMARTS) is 1. The van der Waals surface area contributed by atoms with Gasteiger partial charge in [-0.25, -0.2) is 4.79 Å². The first kappa shape index (κ1) is 9.06. The Morgan fingerprint density at radius 3 is 3.00 bits per heavy atom. The fourth-order valence-corrected chi connectivity index (χ4v) is 1.02. The zero-order chi connectivity index (χ0) is 8.97. The van der Waals surface area contributed by atoms with Crippen molar-refractivity contribution < 1.29 is 14.3 Å². The summed E-state index contributed by atoms with van der Waals surface area (Å²) in [6.45, 7) is 0. The first-order chi connectivity index (χ1) is 5.72. The van der Waals surface area contributed by atoms with Gasteiger partial charge in [-0.15, -0.1) is 0 Å². The van der Waals surface area contributed by atoms with E-state index in [9.17, 15) is 4.79 Å². The van der Waals surface area contributed by atoms with E-state index in [1.165, 1.54) is 12.3 Å². The molecule has 1 aromatic heterocycles. The number of halogens is 1. The van der Waals surface area contributed by atoms with E-state index >= 15 is 0 Å². The molecule has 0 unspecified atom stereocenters. The second-order valence-electron chi connectivity index (χ2n) is 2.15. The maximum absolute atomic E-state index is 10.1. The number of aliphatic carboxylic acids is 1. The Bertz CT molecular complexity index is 301. The summed E-state index contributed by atoms with van der Waals surface area (Å²) in [4.78, 5) is 10.1. The second-order valence-corrected chi connectivity index (χ2v) is 2.71. The highest BCUT2D eigenvalue weighted by atomic mass is 79.9. The van der Waals surface area contributed by atoms with Gasteiger partial charge in [-0.05, 0) is 12.1 Å². The molecular formula is C8H7BrO3. The number of carbonyl (C=O) groups is 1. The molecule has 0 aromatic carbocycles. The van der Waals surface area contributed by atoms with Crippen molar-refractivity contribution in [2.24, 2.45) is 0 Å². The molecule has 12 heavy (non-hydrogen) atoms. The van der Waals surface area contributed by atoms with Gasteiger partial charge < -0.3 is 9.52 Å². The van der Waals surface area contributed by atoms with Crippen molar-refractivity contribution in [1.82, 2.24) is 0 Å². The number of rotatable bonds is 3. The molecule has 1 aromatic rings. The lowest BCUT2D eigenvalue weighted by atomic mass is 10.3. The first-order valence-electron chi connectivity index (χ1n) is 3.27. The van der Waals surface area contributed by atoms with E-state index in [0.29, 0.717) is 5.33 Å². The van der Waals surface area contributed by atoms with Crippen LogP contribution in [0.2, 0.25) is 0 Å². The van der Waals surface area contributed by atoms with Gasteiger partial charge in [0.15, 0.2) is 0 Å². The smallest absolute Gasteiger partial charge is 0.328 e. The molecule has 0 spiro atoms. The summed E-state index contributed by atoms with van der Waals surface area (Å²) >= 11 is 3.22. The second kappa shape index (κ2) is 4.11. The molecule has 0 bridgehead atoms. The molecule has 64 valence electrons. The van der Waals surface area contributed by atoms with Gasteiger partial charge in [-0.2, -0.15) is 0 Å². The van der Waals surface area contributed by atoms with Crippen molar-refractivity contribution in [2.75, 3.05) is 0 Å². The Labute approximate surface area is 77.8 Å². The minimum Gasteiger partial charge on any atom is -0.478 e. The average Bonchev–Trinajstić information content (AvgIpc) is 2.48. The van der Waals surface area contributed by atoms with Crippen LogP contribution in [0.1, 0.15) is 11.3 Å². The van der Waals surface area contributed by atoms with E-state index in [0.717, 1.165) is 17.4 Å². The van der Waals surface area contributed by atoms with E-state index in [4.69, 9.17) is 9.52 Å². The molecule has 0 saturated carbocycles. The van der Waals surface area contributed by atoms with Crippen LogP contribution in [0.15, 0.2) is 22.8 Å². The van der Waals surface area contributed by atoms with Crippen LogP contribution in [0.3, 0.4) is 0 Å². The largest absolute Gasteiger partial charge is 0.478 e. The van der Waals surface area contributed by atoms with Crippen molar-refractivity contribution in [3.05, 3.63) is 29.7 Å². The predicted molar refractivity (Wildman–Crippen MR) is 48.0 cm³/mol. The summed E-state index contributed by atoms with van der Waals surface area (Å²) in [6.07, 6.45) is 4.07. The van der Waals surface area contributed by atoms with Crippen molar-refractivity contribution >= 4 is 28.0 Å². The number of hydrogen-bond acceptors (Lipinski definition) is 2. The maximum atomic E-state index is 10.1. The highest BCUT2D eigenvalue weighted by molar-refractivity contribution is 9.08. The first-order valence-corrected chi connectivity index (χ1v) is 4.39. The summed E-state index contributed by atoms with van der Waals surface area (Å²) in [5, 5.41) is 8.94. The van der Waals surface area contributed by atoms with Crippen molar-refractivity contribution in [3.8, 4) is 0 Å². The predicted octanol–water partition coefficient (Wildman–Crippen LogP) is 2.27. The van der Waals surface area contributed by atoms with Gasteiger partial charge in [0.05, 0.1) is 11.6 Å². The van der Waals surface area contributed by atoms with Crippen LogP contribution in [0.25, 0.3) is 6.08 Å². The molecule has 0 fully saturated rings. The van der Waals surface area contributed by atoms with Gasteiger partial charge in [-0.1, -0.05) is 15.9 Å². The van der Waals surface area contributed by atoms with Crippen LogP contribution in [0, 0.1) is 0 Å². The molecule has 0 saturated heterocycles. The molecule has 0 amide bonds. The Kier molecular flexibility index (Phi) is 3.10. The van der Waals surface area contributed by atoms with Gasteiger partial charge >= 0.3 is 5.97 Å². The van der Waals surface area contributed by atoms with Gasteiger partial charge in [-0.3, -0.25) is 0 Å². The number of alkyl halides is 1. The molecule has 1 rings (SSSR count). The zero-order valence-electron chi connectivity index (χ0n) is 6.16. The van der Waals surface area contributed by atoms with Gasteiger partial charge in [0.2, 0.25) is 0 Å². The van der Waals surface area contributed by atoms with Crippen LogP contribution in [0.5, 0.6) is 0 Å². The van der Waals surface area contributed by atoms with E-state index < -0.39 is 5.97 Å². The molecule has 1 heterocycles. The molecule has 1 N–H and O–H groups in total. The molecule has 0 aliphatic rings. The number of hydrogen-bond donors (Lipinski definition) is 1. The lowest BCUT2D eigenvalue weighted by molar-refractivity contribution is -0.131. The van der Waals surface area contributed by atoms with Crippen LogP contribution >= 0.6 is 15.9 Å². The summed E-state index contributed by atoms with van der Waals surface area (Å²) in [6, 6.07) is 1.77. The average molecular weight is 231 g/mol. The Morgan fingerprint density at radius 1 is 1.75 bits per heavy atom. The highest BCUT2D eigenvalue weighted by Gasteiger charge is 1.96. The molecule has 4 heteroatoms. The molecule has 0 atom stereocenters. The fourth-order valence-electron chi connectivity index (χ4n) is 0.723. The minimum atomic E-state index is -0.961. The van der Waals surface area contributed by atoms with Crippen LogP contribution in [0.4, 0.5) is 0 Å². The van der Waals surface area contributed by atoms with Crippen LogP contribution in [-0.2, 0) is 10.1 Å². The molecule has 0 aliphatic carbocycles. The SMILES string of the molecule is O=C(O)C=Cc1coc(CBr)c1. The zero-order valence-corrected chi connectivity index (χ0v) is 7.74. The van der Waals surface area contributed by atoms with E-state index in [2.05, 4.69) is 15.9 Å². The third-order valence-electron chi connectivity index (χ3n) is 1.22. The fraction of sp³-hybridized carbons (Fsp3) is 0.125. The van der Waals surface area contributed by atoms with Gasteiger partial charge in [0.25, 0.3) is 0 Å². The van der Waals surface area contributed by atoms with E-state index in [1.807, 2.05) is 0 Å². The summed E-state index contributed by atoms with van der Waals surface area (Å²) in [7, 11) is 0. The third kappa shape index (κ3) is 2.54. The quantitative estimate of drug-likeness (QED) is 0.641. The van der Waals surface area contributed by atoms with Crippen molar-refractivity contribution in [2.45, 2.75) is 5.33 Å². The number of carboxylic acids is 1. The monoisotopic (exact) mass is 230 g/mol. The molecule has 0 aliphatic heterocycles. The Morgan fingerprint density at radius 2 is 2.50 bits per heavy atom. The van der Waals surface area contributed by atoms with Gasteiger partial charge in [0, 0.05) is 11.6 Å². The van der Waals surface area contributed by atoms with Crippen LogP contribution in [-0.4, -0.2) is 11.1 Å². The van der Waals surface area contributed by atoms with E-state index in [1.54, 1.807) is 6.07 Å². The van der Waals surface area contributed by atoms with E-state index in [-0.39, 0.29) is 0 Å². The lowest BCUT2D eigenvalue weighted by Gasteiger charge is -1.79. The lowest BCUT2D eigenvalue weighted by Crippen LogP contribution is -1.84. The maximum Gasteiger partial charge on any atom is 0.328 e. The standard InChI is InChI=1S/C8H7BrO3/c9-4-7-3-6(5-12-7)1-2-8(10)11/h1-3,5H,4H2,(H,10,11). The van der Waals surface area contributed by atoms with Crippen LogP contribution < -0.4 is 0 Å². The summed E-state index contributed by atoms with van der Waals surface area (Å²) in [5.41, 5.74) is 0.756. The number of furan rings is 1. The normalized spacial score (nSPS) is 10.8. The molecule has 3 nitrogen and oxygen atoms in total. The minimum absolute atomic E-state index is 0.633. The summed E-state index contributed by atoms with van der Waals surface area (Å²) < 4.78 is 5.06. The summed E-state index contributed by atoms with van der Waals surface area (Å²) in [5.74, 6) is -0.184. The highest BCUT2D eigenvalue weighted by Crippen LogP contribution is 2.12. The van der Waals surface area contributed by atoms with Crippen molar-refractivity contribution in [3.63, 3.8) is 0 Å². The van der Waals surface area contributed by atoms with Crippen molar-refractivity contribution in [1.29, 1.82) is 0 Å². The van der Waals surface area contributed by atoms with Gasteiger partial charge in [0.1, 0.15) is 5.76 Å².